The minimum absolute atomic E-state index is 0.00936. The van der Waals surface area contributed by atoms with E-state index in [-0.39, 0.29) is 23.7 Å². The van der Waals surface area contributed by atoms with E-state index in [1.54, 1.807) is 25.1 Å². The van der Waals surface area contributed by atoms with Crippen LogP contribution in [0.15, 0.2) is 48.5 Å². The molecule has 1 unspecified atom stereocenters. The third kappa shape index (κ3) is 6.11. The van der Waals surface area contributed by atoms with Gasteiger partial charge in [-0.2, -0.15) is 17.4 Å². The second-order valence-corrected chi connectivity index (χ2v) is 11.3. The normalized spacial score (nSPS) is 21.0. The lowest BCUT2D eigenvalue weighted by Crippen LogP contribution is -2.50. The first-order chi connectivity index (χ1) is 17.2. The maximum Gasteiger partial charge on any atom is 0.280 e. The Kier molecular flexibility index (Phi) is 8.07. The average molecular weight is 517 g/mol. The highest BCUT2D eigenvalue weighted by Crippen LogP contribution is 2.31. The zero-order valence-corrected chi connectivity index (χ0v) is 21.4. The van der Waals surface area contributed by atoms with E-state index in [1.807, 2.05) is 19.1 Å². The van der Waals surface area contributed by atoms with Gasteiger partial charge in [-0.15, -0.1) is 0 Å². The predicted octanol–water partition coefficient (Wildman–Crippen LogP) is 3.20. The Labute approximate surface area is 212 Å². The minimum Gasteiger partial charge on any atom is -0.351 e. The number of nitrogens with zero attached hydrogens (tertiary/aromatic N) is 2. The number of halogens is 1. The highest BCUT2D eigenvalue weighted by molar-refractivity contribution is 7.87. The Bertz CT molecular complexity index is 1220. The molecule has 1 aliphatic heterocycles. The molecule has 1 saturated carbocycles. The lowest BCUT2D eigenvalue weighted by atomic mass is 9.93. The molecule has 4 rings (SSSR count). The molecule has 0 bridgehead atoms. The van der Waals surface area contributed by atoms with E-state index < -0.39 is 34.5 Å². The first-order valence-corrected chi connectivity index (χ1v) is 13.8. The fourth-order valence-electron chi connectivity index (χ4n) is 4.75. The van der Waals surface area contributed by atoms with Gasteiger partial charge in [-0.3, -0.25) is 14.5 Å². The Morgan fingerprint density at radius 2 is 1.81 bits per heavy atom. The van der Waals surface area contributed by atoms with Gasteiger partial charge in [0.1, 0.15) is 11.9 Å². The van der Waals surface area contributed by atoms with Gasteiger partial charge in [0.2, 0.25) is 11.8 Å². The third-order valence-corrected chi connectivity index (χ3v) is 8.45. The second kappa shape index (κ2) is 11.1. The largest absolute Gasteiger partial charge is 0.351 e. The number of carbonyl (C=O) groups excluding carboxylic acids is 2. The molecule has 2 fully saturated rings. The molecule has 194 valence electrons. The van der Waals surface area contributed by atoms with Gasteiger partial charge in [-0.25, -0.2) is 4.39 Å². The van der Waals surface area contributed by atoms with Gasteiger partial charge in [-0.05, 0) is 56.0 Å². The average Bonchev–Trinajstić information content (AvgIpc) is 3.60. The van der Waals surface area contributed by atoms with E-state index in [0.717, 1.165) is 37.7 Å². The van der Waals surface area contributed by atoms with Crippen molar-refractivity contribution < 1.29 is 22.4 Å². The smallest absolute Gasteiger partial charge is 0.280 e. The number of rotatable bonds is 9. The van der Waals surface area contributed by atoms with Gasteiger partial charge in [0.25, 0.3) is 10.2 Å². The molecule has 36 heavy (non-hydrogen) atoms. The van der Waals surface area contributed by atoms with Gasteiger partial charge >= 0.3 is 0 Å². The van der Waals surface area contributed by atoms with Crippen molar-refractivity contribution in [3.63, 3.8) is 0 Å². The summed E-state index contributed by atoms with van der Waals surface area (Å²) in [6, 6.07) is 11.4. The maximum absolute atomic E-state index is 14.3. The standard InChI is InChI=1S/C26H33FN4O4S/c1-18-9-6-7-14-23(18)25(26(33)29-21-11-4-3-5-12-21)31(22-13-8-10-20(27)15-22)24(32)16-28-36(34,35)30-17-19(30)2/h6-10,13-15,19,21,25,28H,3-5,11-12,16-17H2,1-2H3,(H,29,33)/t19-,25+,30?/m0/s1. The lowest BCUT2D eigenvalue weighted by Gasteiger charge is -2.34. The van der Waals surface area contributed by atoms with E-state index >= 15 is 0 Å². The van der Waals surface area contributed by atoms with Gasteiger partial charge in [0.05, 0.1) is 6.54 Å². The predicted molar refractivity (Wildman–Crippen MR) is 136 cm³/mol. The van der Waals surface area contributed by atoms with Crippen molar-refractivity contribution in [3.8, 4) is 0 Å². The molecule has 0 spiro atoms. The molecule has 2 aromatic carbocycles. The number of benzene rings is 2. The summed E-state index contributed by atoms with van der Waals surface area (Å²) in [5.41, 5.74) is 1.55. The van der Waals surface area contributed by atoms with E-state index in [9.17, 15) is 22.4 Å². The molecule has 2 amide bonds. The number of hydrogen-bond donors (Lipinski definition) is 2. The van der Waals surface area contributed by atoms with Crippen molar-refractivity contribution in [1.29, 1.82) is 0 Å². The van der Waals surface area contributed by atoms with Crippen LogP contribution in [0, 0.1) is 12.7 Å². The van der Waals surface area contributed by atoms with Crippen LogP contribution in [-0.2, 0) is 19.8 Å². The lowest BCUT2D eigenvalue weighted by molar-refractivity contribution is -0.127. The molecule has 3 atom stereocenters. The van der Waals surface area contributed by atoms with Crippen molar-refractivity contribution in [2.24, 2.45) is 0 Å². The Balaban J connectivity index is 1.70. The van der Waals surface area contributed by atoms with Crippen LogP contribution in [0.1, 0.15) is 56.2 Å². The fourth-order valence-corrected chi connectivity index (χ4v) is 6.11. The van der Waals surface area contributed by atoms with Crippen molar-refractivity contribution in [3.05, 3.63) is 65.5 Å². The van der Waals surface area contributed by atoms with Gasteiger partial charge in [0.15, 0.2) is 0 Å². The summed E-state index contributed by atoms with van der Waals surface area (Å²) in [5, 5.41) is 3.10. The molecule has 2 N–H and O–H groups in total. The van der Waals surface area contributed by atoms with E-state index in [1.165, 1.54) is 27.4 Å². The summed E-state index contributed by atoms with van der Waals surface area (Å²) in [6.07, 6.45) is 4.87. The molecule has 0 aromatic heterocycles. The zero-order chi connectivity index (χ0) is 25.9. The highest BCUT2D eigenvalue weighted by Gasteiger charge is 2.41. The third-order valence-electron chi connectivity index (χ3n) is 6.81. The highest BCUT2D eigenvalue weighted by atomic mass is 32.2. The minimum atomic E-state index is -3.84. The first kappa shape index (κ1) is 26.2. The Hall–Kier alpha value is -2.82. The summed E-state index contributed by atoms with van der Waals surface area (Å²) in [5.74, 6) is -1.61. The van der Waals surface area contributed by atoms with Crippen molar-refractivity contribution in [2.45, 2.75) is 64.1 Å². The second-order valence-electron chi connectivity index (χ2n) is 9.59. The number of hydrogen-bond acceptors (Lipinski definition) is 4. The quantitative estimate of drug-likeness (QED) is 0.500. The number of carbonyl (C=O) groups is 2. The summed E-state index contributed by atoms with van der Waals surface area (Å²) in [6.45, 7) is 3.42. The number of aryl methyl sites for hydroxylation is 1. The molecule has 1 heterocycles. The number of anilines is 1. The van der Waals surface area contributed by atoms with Crippen LogP contribution < -0.4 is 14.9 Å². The van der Waals surface area contributed by atoms with Crippen LogP contribution in [0.2, 0.25) is 0 Å². The Morgan fingerprint density at radius 1 is 1.11 bits per heavy atom. The molecule has 1 saturated heterocycles. The maximum atomic E-state index is 14.3. The molecule has 2 aromatic rings. The monoisotopic (exact) mass is 516 g/mol. The fraction of sp³-hybridized carbons (Fsp3) is 0.462. The number of amides is 2. The van der Waals surface area contributed by atoms with Crippen molar-refractivity contribution in [1.82, 2.24) is 14.3 Å². The van der Waals surface area contributed by atoms with Gasteiger partial charge < -0.3 is 5.32 Å². The van der Waals surface area contributed by atoms with Crippen LogP contribution in [0.3, 0.4) is 0 Å². The summed E-state index contributed by atoms with van der Waals surface area (Å²) in [7, 11) is -3.84. The molecule has 2 aliphatic rings. The van der Waals surface area contributed by atoms with E-state index in [2.05, 4.69) is 10.0 Å². The zero-order valence-electron chi connectivity index (χ0n) is 20.6. The molecular weight excluding hydrogens is 483 g/mol. The van der Waals surface area contributed by atoms with E-state index in [4.69, 9.17) is 0 Å². The summed E-state index contributed by atoms with van der Waals surface area (Å²) in [4.78, 5) is 28.6. The van der Waals surface area contributed by atoms with Gasteiger partial charge in [0, 0.05) is 24.3 Å². The topological polar surface area (TPSA) is 98.6 Å². The molecule has 1 aliphatic carbocycles. The summed E-state index contributed by atoms with van der Waals surface area (Å²) < 4.78 is 42.9. The van der Waals surface area contributed by atoms with Crippen LogP contribution in [-0.4, -0.2) is 49.7 Å². The Morgan fingerprint density at radius 3 is 2.44 bits per heavy atom. The first-order valence-electron chi connectivity index (χ1n) is 12.4. The SMILES string of the molecule is Cc1ccccc1[C@H](C(=O)NC1CCCCC1)N(C(=O)CNS(=O)(=O)N1C[C@@H]1C)c1cccc(F)c1. The number of nitrogens with one attached hydrogen (secondary N) is 2. The molecule has 8 nitrogen and oxygen atoms in total. The molecule has 10 heteroatoms. The van der Waals surface area contributed by atoms with E-state index in [0.29, 0.717) is 12.1 Å². The van der Waals surface area contributed by atoms with Crippen LogP contribution >= 0.6 is 0 Å². The molecule has 0 radical (unpaired) electrons. The van der Waals surface area contributed by atoms with Crippen molar-refractivity contribution >= 4 is 27.7 Å². The van der Waals surface area contributed by atoms with Crippen LogP contribution in [0.25, 0.3) is 0 Å². The van der Waals surface area contributed by atoms with Gasteiger partial charge in [-0.1, -0.05) is 49.6 Å². The summed E-state index contributed by atoms with van der Waals surface area (Å²) >= 11 is 0. The van der Waals surface area contributed by atoms with Crippen LogP contribution in [0.5, 0.6) is 0 Å². The van der Waals surface area contributed by atoms with Crippen molar-refractivity contribution in [2.75, 3.05) is 18.0 Å². The molecular formula is C26H33FN4O4S. The van der Waals surface area contributed by atoms with Crippen LogP contribution in [0.4, 0.5) is 10.1 Å².